The van der Waals surface area contributed by atoms with E-state index in [1.54, 1.807) is 29.2 Å². The van der Waals surface area contributed by atoms with Crippen molar-refractivity contribution in [3.63, 3.8) is 0 Å². The fourth-order valence-corrected chi connectivity index (χ4v) is 2.45. The summed E-state index contributed by atoms with van der Waals surface area (Å²) in [5.41, 5.74) is 1.94. The molecule has 0 N–H and O–H groups in total. The van der Waals surface area contributed by atoms with Crippen molar-refractivity contribution >= 4 is 17.6 Å². The number of hydrogen-bond acceptors (Lipinski definition) is 4. The molecule has 0 saturated heterocycles. The maximum Gasteiger partial charge on any atom is 0.309 e. The highest BCUT2D eigenvalue weighted by molar-refractivity contribution is 6.29. The van der Waals surface area contributed by atoms with Crippen LogP contribution in [0.3, 0.4) is 0 Å². The molecule has 0 unspecified atom stereocenters. The van der Waals surface area contributed by atoms with Crippen molar-refractivity contribution < 1.29 is 9.53 Å². The second-order valence-electron chi connectivity index (χ2n) is 4.99. The standard InChI is InChI=1S/C14H14ClN3O2/c1-18-7-10(6-17-18)11-5-12(11)14(19)20-8-9-2-3-16-13(15)4-9/h2-4,6-7,11-12H,5,8H2,1H3/t11-,12+/m1/s1. The average Bonchev–Trinajstić information content (AvgIpc) is 3.12. The number of nitrogens with zero attached hydrogens (tertiary/aromatic N) is 3. The van der Waals surface area contributed by atoms with E-state index in [1.165, 1.54) is 0 Å². The Morgan fingerprint density at radius 2 is 2.45 bits per heavy atom. The molecule has 0 spiro atoms. The van der Waals surface area contributed by atoms with E-state index in [1.807, 2.05) is 13.2 Å². The van der Waals surface area contributed by atoms with Gasteiger partial charge in [0.05, 0.1) is 12.1 Å². The van der Waals surface area contributed by atoms with Gasteiger partial charge in [-0.05, 0) is 29.7 Å². The van der Waals surface area contributed by atoms with E-state index in [4.69, 9.17) is 16.3 Å². The predicted molar refractivity (Wildman–Crippen MR) is 73.1 cm³/mol. The molecular formula is C14H14ClN3O2. The summed E-state index contributed by atoms with van der Waals surface area (Å²) in [6, 6.07) is 3.48. The highest BCUT2D eigenvalue weighted by atomic mass is 35.5. The maximum atomic E-state index is 12.0. The van der Waals surface area contributed by atoms with Crippen LogP contribution in [-0.2, 0) is 23.2 Å². The number of pyridine rings is 1. The summed E-state index contributed by atoms with van der Waals surface area (Å²) in [5.74, 6) is 0.0422. The number of aromatic nitrogens is 3. The largest absolute Gasteiger partial charge is 0.461 e. The third-order valence-corrected chi connectivity index (χ3v) is 3.62. The molecule has 2 aromatic heterocycles. The van der Waals surface area contributed by atoms with Crippen molar-refractivity contribution in [2.24, 2.45) is 13.0 Å². The van der Waals surface area contributed by atoms with Crippen LogP contribution in [0.5, 0.6) is 0 Å². The van der Waals surface area contributed by atoms with Gasteiger partial charge in [0.25, 0.3) is 0 Å². The summed E-state index contributed by atoms with van der Waals surface area (Å²) in [4.78, 5) is 15.8. The normalized spacial score (nSPS) is 20.7. The van der Waals surface area contributed by atoms with Crippen molar-refractivity contribution in [2.45, 2.75) is 18.9 Å². The SMILES string of the molecule is Cn1cc([C@H]2C[C@@H]2C(=O)OCc2ccnc(Cl)c2)cn1. The summed E-state index contributed by atoms with van der Waals surface area (Å²) in [5, 5.41) is 4.52. The van der Waals surface area contributed by atoms with Crippen molar-refractivity contribution in [1.82, 2.24) is 14.8 Å². The zero-order chi connectivity index (χ0) is 14.1. The van der Waals surface area contributed by atoms with Gasteiger partial charge in [0.2, 0.25) is 0 Å². The third kappa shape index (κ3) is 2.82. The van der Waals surface area contributed by atoms with E-state index >= 15 is 0 Å². The van der Waals surface area contributed by atoms with E-state index in [-0.39, 0.29) is 24.4 Å². The summed E-state index contributed by atoms with van der Waals surface area (Å²) in [7, 11) is 1.87. The number of carbonyl (C=O) groups excluding carboxylic acids is 1. The third-order valence-electron chi connectivity index (χ3n) is 3.42. The van der Waals surface area contributed by atoms with Gasteiger partial charge in [-0.1, -0.05) is 11.6 Å². The first-order valence-corrected chi connectivity index (χ1v) is 6.77. The number of ether oxygens (including phenoxy) is 1. The zero-order valence-electron chi connectivity index (χ0n) is 11.0. The number of halogens is 1. The Hall–Kier alpha value is -1.88. The molecule has 104 valence electrons. The molecule has 20 heavy (non-hydrogen) atoms. The Labute approximate surface area is 121 Å². The Kier molecular flexibility index (Phi) is 3.44. The van der Waals surface area contributed by atoms with E-state index in [2.05, 4.69) is 10.1 Å². The van der Waals surface area contributed by atoms with Crippen LogP contribution in [0, 0.1) is 5.92 Å². The lowest BCUT2D eigenvalue weighted by Gasteiger charge is -2.04. The van der Waals surface area contributed by atoms with Crippen LogP contribution in [0.4, 0.5) is 0 Å². The molecule has 0 aliphatic heterocycles. The minimum Gasteiger partial charge on any atom is -0.461 e. The molecule has 3 rings (SSSR count). The molecule has 2 aromatic rings. The molecule has 2 atom stereocenters. The zero-order valence-corrected chi connectivity index (χ0v) is 11.7. The van der Waals surface area contributed by atoms with E-state index in [0.717, 1.165) is 17.5 Å². The maximum absolute atomic E-state index is 12.0. The number of hydrogen-bond donors (Lipinski definition) is 0. The van der Waals surface area contributed by atoms with Crippen LogP contribution >= 0.6 is 11.6 Å². The first kappa shape index (κ1) is 13.1. The smallest absolute Gasteiger partial charge is 0.309 e. The molecule has 6 heteroatoms. The minimum atomic E-state index is -0.160. The molecule has 2 heterocycles. The molecule has 1 aliphatic rings. The van der Waals surface area contributed by atoms with Gasteiger partial charge in [0.1, 0.15) is 11.8 Å². The summed E-state index contributed by atoms with van der Waals surface area (Å²) < 4.78 is 7.06. The van der Waals surface area contributed by atoms with Crippen LogP contribution in [0.2, 0.25) is 5.15 Å². The molecule has 5 nitrogen and oxygen atoms in total. The topological polar surface area (TPSA) is 57.0 Å². The highest BCUT2D eigenvalue weighted by Crippen LogP contribution is 2.48. The fraction of sp³-hybridized carbons (Fsp3) is 0.357. The van der Waals surface area contributed by atoms with Crippen molar-refractivity contribution in [3.8, 4) is 0 Å². The monoisotopic (exact) mass is 291 g/mol. The lowest BCUT2D eigenvalue weighted by Crippen LogP contribution is -2.08. The van der Waals surface area contributed by atoms with Crippen LogP contribution in [-0.4, -0.2) is 20.7 Å². The molecule has 1 fully saturated rings. The second kappa shape index (κ2) is 5.25. The predicted octanol–water partition coefficient (Wildman–Crippen LogP) is 2.32. The van der Waals surface area contributed by atoms with Gasteiger partial charge >= 0.3 is 5.97 Å². The Balaban J connectivity index is 1.54. The number of esters is 1. The number of carbonyl (C=O) groups is 1. The van der Waals surface area contributed by atoms with Gasteiger partial charge in [0, 0.05) is 25.4 Å². The van der Waals surface area contributed by atoms with Crippen molar-refractivity contribution in [3.05, 3.63) is 47.0 Å². The van der Waals surface area contributed by atoms with Crippen LogP contribution in [0.15, 0.2) is 30.7 Å². The lowest BCUT2D eigenvalue weighted by molar-refractivity contribution is -0.146. The summed E-state index contributed by atoms with van der Waals surface area (Å²) in [6.07, 6.45) is 6.18. The van der Waals surface area contributed by atoms with Crippen molar-refractivity contribution in [1.29, 1.82) is 0 Å². The van der Waals surface area contributed by atoms with Crippen LogP contribution in [0.1, 0.15) is 23.5 Å². The lowest BCUT2D eigenvalue weighted by atomic mass is 10.2. The highest BCUT2D eigenvalue weighted by Gasteiger charge is 2.45. The van der Waals surface area contributed by atoms with Crippen molar-refractivity contribution in [2.75, 3.05) is 0 Å². The van der Waals surface area contributed by atoms with Crippen LogP contribution < -0.4 is 0 Å². The van der Waals surface area contributed by atoms with Gasteiger partial charge in [-0.2, -0.15) is 5.10 Å². The fourth-order valence-electron chi connectivity index (χ4n) is 2.25. The summed E-state index contributed by atoms with van der Waals surface area (Å²) in [6.45, 7) is 0.233. The Morgan fingerprint density at radius 1 is 1.60 bits per heavy atom. The molecule has 1 aliphatic carbocycles. The van der Waals surface area contributed by atoms with Gasteiger partial charge in [-0.25, -0.2) is 4.98 Å². The number of aryl methyl sites for hydroxylation is 1. The second-order valence-corrected chi connectivity index (χ2v) is 5.38. The Bertz CT molecular complexity index is 641. The average molecular weight is 292 g/mol. The molecule has 0 bridgehead atoms. The first-order chi connectivity index (χ1) is 9.63. The number of rotatable bonds is 4. The summed E-state index contributed by atoms with van der Waals surface area (Å²) >= 11 is 5.78. The van der Waals surface area contributed by atoms with E-state index < -0.39 is 0 Å². The first-order valence-electron chi connectivity index (χ1n) is 6.39. The van der Waals surface area contributed by atoms with Crippen LogP contribution in [0.25, 0.3) is 0 Å². The van der Waals surface area contributed by atoms with Gasteiger partial charge in [-0.3, -0.25) is 9.48 Å². The van der Waals surface area contributed by atoms with E-state index in [0.29, 0.717) is 5.15 Å². The molecule has 0 amide bonds. The Morgan fingerprint density at radius 3 is 3.15 bits per heavy atom. The molecule has 0 radical (unpaired) electrons. The van der Waals surface area contributed by atoms with Gasteiger partial charge in [-0.15, -0.1) is 0 Å². The quantitative estimate of drug-likeness (QED) is 0.641. The molecule has 1 saturated carbocycles. The molecular weight excluding hydrogens is 278 g/mol. The molecule has 0 aromatic carbocycles. The van der Waals surface area contributed by atoms with E-state index in [9.17, 15) is 4.79 Å². The van der Waals surface area contributed by atoms with Gasteiger partial charge < -0.3 is 4.74 Å². The minimum absolute atomic E-state index is 0.0449. The van der Waals surface area contributed by atoms with Gasteiger partial charge in [0.15, 0.2) is 0 Å².